The molecule has 3 N–H and O–H groups in total. The molecular weight excluding hydrogens is 238 g/mol. The van der Waals surface area contributed by atoms with E-state index in [0.29, 0.717) is 0 Å². The molecule has 1 aromatic carbocycles. The first-order valence-electron chi connectivity index (χ1n) is 6.11. The Kier molecular flexibility index (Phi) is 3.92. The Balaban J connectivity index is 2.54. The number of fused-ring (bicyclic) bond motifs is 1. The first-order valence-corrected chi connectivity index (χ1v) is 6.11. The molecule has 0 aliphatic carbocycles. The standard InChI is InChI=1S/C15H17N3O/c1-10(19)11-3-4-15-12(5-11)6-13(9-18-15)14(7-16)8-17-2/h3-10,16-17,19H,1-2H3/b14-8+,16-7?. The Bertz CT molecular complexity index is 632. The maximum atomic E-state index is 9.61. The van der Waals surface area contributed by atoms with Gasteiger partial charge < -0.3 is 15.8 Å². The predicted octanol–water partition coefficient (Wildman–Crippen LogP) is 2.50. The molecule has 2 aromatic rings. The third-order valence-corrected chi connectivity index (χ3v) is 2.98. The van der Waals surface area contributed by atoms with Crippen LogP contribution in [-0.4, -0.2) is 23.4 Å². The van der Waals surface area contributed by atoms with E-state index in [-0.39, 0.29) is 0 Å². The number of aromatic nitrogens is 1. The highest BCUT2D eigenvalue weighted by Gasteiger charge is 2.05. The highest BCUT2D eigenvalue weighted by Crippen LogP contribution is 2.22. The van der Waals surface area contributed by atoms with E-state index < -0.39 is 6.10 Å². The van der Waals surface area contributed by atoms with Gasteiger partial charge in [0.25, 0.3) is 0 Å². The van der Waals surface area contributed by atoms with E-state index in [1.54, 1.807) is 26.4 Å². The third-order valence-electron chi connectivity index (χ3n) is 2.98. The second kappa shape index (κ2) is 5.63. The molecule has 0 aliphatic heterocycles. The Morgan fingerprint density at radius 3 is 2.84 bits per heavy atom. The van der Waals surface area contributed by atoms with Crippen LogP contribution in [-0.2, 0) is 0 Å². The lowest BCUT2D eigenvalue weighted by Crippen LogP contribution is -1.98. The maximum Gasteiger partial charge on any atom is 0.0762 e. The van der Waals surface area contributed by atoms with Crippen molar-refractivity contribution in [3.05, 3.63) is 47.8 Å². The molecule has 0 aliphatic rings. The molecule has 2 rings (SSSR count). The second-order valence-electron chi connectivity index (χ2n) is 4.38. The lowest BCUT2D eigenvalue weighted by molar-refractivity contribution is 0.199. The summed E-state index contributed by atoms with van der Waals surface area (Å²) in [6.45, 7) is 1.74. The van der Waals surface area contributed by atoms with Crippen LogP contribution in [0.2, 0.25) is 0 Å². The summed E-state index contributed by atoms with van der Waals surface area (Å²) >= 11 is 0. The number of aliphatic hydroxyl groups is 1. The lowest BCUT2D eigenvalue weighted by atomic mass is 10.0. The van der Waals surface area contributed by atoms with Crippen LogP contribution >= 0.6 is 0 Å². The Hall–Kier alpha value is -2.20. The maximum absolute atomic E-state index is 9.61. The van der Waals surface area contributed by atoms with Crippen molar-refractivity contribution in [2.75, 3.05) is 7.05 Å². The molecule has 0 spiro atoms. The summed E-state index contributed by atoms with van der Waals surface area (Å²) in [6, 6.07) is 7.67. The van der Waals surface area contributed by atoms with E-state index in [9.17, 15) is 5.11 Å². The molecule has 0 saturated carbocycles. The summed E-state index contributed by atoms with van der Waals surface area (Å²) < 4.78 is 0. The fraction of sp³-hybridized carbons (Fsp3) is 0.200. The van der Waals surface area contributed by atoms with Crippen molar-refractivity contribution in [1.82, 2.24) is 10.3 Å². The zero-order valence-electron chi connectivity index (χ0n) is 11.0. The fourth-order valence-electron chi connectivity index (χ4n) is 1.93. The van der Waals surface area contributed by atoms with Gasteiger partial charge >= 0.3 is 0 Å². The summed E-state index contributed by atoms with van der Waals surface area (Å²) in [5.41, 5.74) is 3.38. The molecule has 19 heavy (non-hydrogen) atoms. The van der Waals surface area contributed by atoms with Gasteiger partial charge in [0.2, 0.25) is 0 Å². The van der Waals surface area contributed by atoms with Gasteiger partial charge in [0.1, 0.15) is 0 Å². The molecule has 1 heterocycles. The van der Waals surface area contributed by atoms with Crippen LogP contribution in [0.4, 0.5) is 0 Å². The Labute approximate surface area is 112 Å². The van der Waals surface area contributed by atoms with Gasteiger partial charge in [-0.1, -0.05) is 6.07 Å². The molecule has 1 atom stereocenters. The predicted molar refractivity (Wildman–Crippen MR) is 78.2 cm³/mol. The van der Waals surface area contributed by atoms with Crippen LogP contribution in [0.15, 0.2) is 36.7 Å². The fourth-order valence-corrected chi connectivity index (χ4v) is 1.93. The largest absolute Gasteiger partial charge is 0.393 e. The molecular formula is C15H17N3O. The Morgan fingerprint density at radius 1 is 1.42 bits per heavy atom. The number of allylic oxidation sites excluding steroid dienone is 1. The lowest BCUT2D eigenvalue weighted by Gasteiger charge is -2.08. The summed E-state index contributed by atoms with van der Waals surface area (Å²) in [5, 5.41) is 20.9. The molecule has 98 valence electrons. The number of hydrogen-bond acceptors (Lipinski definition) is 4. The van der Waals surface area contributed by atoms with E-state index >= 15 is 0 Å². The molecule has 0 amide bonds. The van der Waals surface area contributed by atoms with Gasteiger partial charge in [0.05, 0.1) is 11.6 Å². The monoisotopic (exact) mass is 255 g/mol. The number of nitrogens with one attached hydrogen (secondary N) is 2. The highest BCUT2D eigenvalue weighted by molar-refractivity contribution is 6.08. The Morgan fingerprint density at radius 2 is 2.21 bits per heavy atom. The minimum Gasteiger partial charge on any atom is -0.393 e. The third kappa shape index (κ3) is 2.80. The smallest absolute Gasteiger partial charge is 0.0762 e. The number of hydrogen-bond donors (Lipinski definition) is 3. The summed E-state index contributed by atoms with van der Waals surface area (Å²) in [5.74, 6) is 0. The quantitative estimate of drug-likeness (QED) is 0.735. The topological polar surface area (TPSA) is 69.0 Å². The minimum absolute atomic E-state index is 0.497. The van der Waals surface area contributed by atoms with Crippen molar-refractivity contribution in [3.8, 4) is 0 Å². The van der Waals surface area contributed by atoms with Crippen molar-refractivity contribution in [3.63, 3.8) is 0 Å². The van der Waals surface area contributed by atoms with Crippen molar-refractivity contribution in [2.45, 2.75) is 13.0 Å². The van der Waals surface area contributed by atoms with Crippen molar-refractivity contribution < 1.29 is 5.11 Å². The van der Waals surface area contributed by atoms with Gasteiger partial charge in [-0.3, -0.25) is 4.98 Å². The zero-order valence-corrected chi connectivity index (χ0v) is 11.0. The normalized spacial score (nSPS) is 13.3. The van der Waals surface area contributed by atoms with Gasteiger partial charge in [-0.25, -0.2) is 0 Å². The van der Waals surface area contributed by atoms with Crippen molar-refractivity contribution >= 4 is 22.7 Å². The van der Waals surface area contributed by atoms with Crippen LogP contribution in [0.3, 0.4) is 0 Å². The van der Waals surface area contributed by atoms with Gasteiger partial charge in [0.15, 0.2) is 0 Å². The summed E-state index contributed by atoms with van der Waals surface area (Å²) in [6.07, 6.45) is 4.30. The van der Waals surface area contributed by atoms with Gasteiger partial charge in [0, 0.05) is 42.2 Å². The molecule has 0 bridgehead atoms. The first-order chi connectivity index (χ1) is 9.15. The molecule has 4 heteroatoms. The number of rotatable bonds is 4. The summed E-state index contributed by atoms with van der Waals surface area (Å²) in [7, 11) is 1.80. The SMILES string of the molecule is CN/C=C(\C=N)c1cnc2ccc(C(C)O)cc2c1. The minimum atomic E-state index is -0.497. The van der Waals surface area contributed by atoms with Gasteiger partial charge in [-0.15, -0.1) is 0 Å². The van der Waals surface area contributed by atoms with E-state index in [2.05, 4.69) is 10.3 Å². The molecule has 4 nitrogen and oxygen atoms in total. The van der Waals surface area contributed by atoms with Crippen LogP contribution in [0.1, 0.15) is 24.2 Å². The van der Waals surface area contributed by atoms with Crippen LogP contribution in [0.5, 0.6) is 0 Å². The second-order valence-corrected chi connectivity index (χ2v) is 4.38. The van der Waals surface area contributed by atoms with Crippen molar-refractivity contribution in [2.24, 2.45) is 0 Å². The summed E-state index contributed by atoms with van der Waals surface area (Å²) in [4.78, 5) is 4.38. The van der Waals surface area contributed by atoms with Crippen LogP contribution in [0, 0.1) is 5.41 Å². The molecule has 0 fully saturated rings. The van der Waals surface area contributed by atoms with Crippen LogP contribution in [0.25, 0.3) is 16.5 Å². The number of nitrogens with zero attached hydrogens (tertiary/aromatic N) is 1. The van der Waals surface area contributed by atoms with E-state index in [1.165, 1.54) is 6.21 Å². The van der Waals surface area contributed by atoms with E-state index in [0.717, 1.165) is 27.6 Å². The van der Waals surface area contributed by atoms with Gasteiger partial charge in [-0.2, -0.15) is 0 Å². The average molecular weight is 255 g/mol. The zero-order chi connectivity index (χ0) is 13.8. The molecule has 0 radical (unpaired) electrons. The van der Waals surface area contributed by atoms with Gasteiger partial charge in [-0.05, 0) is 30.7 Å². The molecule has 0 saturated heterocycles. The highest BCUT2D eigenvalue weighted by atomic mass is 16.3. The molecule has 1 aromatic heterocycles. The first kappa shape index (κ1) is 13.2. The van der Waals surface area contributed by atoms with Crippen molar-refractivity contribution in [1.29, 1.82) is 5.41 Å². The molecule has 1 unspecified atom stereocenters. The van der Waals surface area contributed by atoms with E-state index in [1.807, 2.05) is 24.3 Å². The van der Waals surface area contributed by atoms with E-state index in [4.69, 9.17) is 5.41 Å². The number of benzene rings is 1. The number of aliphatic hydroxyl groups excluding tert-OH is 1. The number of pyridine rings is 1. The average Bonchev–Trinajstić information content (AvgIpc) is 2.43. The van der Waals surface area contributed by atoms with Crippen LogP contribution < -0.4 is 5.32 Å².